The van der Waals surface area contributed by atoms with Gasteiger partial charge >= 0.3 is 8.25 Å². The van der Waals surface area contributed by atoms with Crippen LogP contribution in [0, 0.1) is 5.82 Å². The van der Waals surface area contributed by atoms with Crippen molar-refractivity contribution in [2.75, 3.05) is 5.32 Å². The highest BCUT2D eigenvalue weighted by Gasteiger charge is 2.14. The maximum Gasteiger partial charge on any atom is 0.747 e. The molecular weight excluding hydrogens is 384 g/mol. The molecule has 0 bridgehead atoms. The lowest BCUT2D eigenvalue weighted by Crippen LogP contribution is -2.07. The Kier molecular flexibility index (Phi) is 5.93. The molecule has 0 saturated carbocycles. The molecule has 1 heterocycles. The number of rotatable bonds is 6. The lowest BCUT2D eigenvalue weighted by molar-refractivity contribution is -0.111. The van der Waals surface area contributed by atoms with E-state index in [1.54, 1.807) is 48.3 Å². The second-order valence-electron chi connectivity index (χ2n) is 5.76. The van der Waals surface area contributed by atoms with Crippen molar-refractivity contribution in [1.29, 1.82) is 0 Å². The van der Waals surface area contributed by atoms with E-state index in [0.717, 1.165) is 11.3 Å². The van der Waals surface area contributed by atoms with Crippen molar-refractivity contribution in [3.05, 3.63) is 72.2 Å². The summed E-state index contributed by atoms with van der Waals surface area (Å²) in [6.07, 6.45) is 4.60. The number of carbonyl (C=O) groups is 1. The zero-order valence-corrected chi connectivity index (χ0v) is 15.6. The van der Waals surface area contributed by atoms with E-state index in [4.69, 9.17) is 4.89 Å². The number of halogens is 1. The van der Waals surface area contributed by atoms with Gasteiger partial charge in [-0.15, -0.1) is 4.89 Å². The molecule has 2 aromatic carbocycles. The highest BCUT2D eigenvalue weighted by atomic mass is 31.1. The summed E-state index contributed by atoms with van der Waals surface area (Å²) in [5.74, 6) is -0.475. The second kappa shape index (κ2) is 8.56. The van der Waals surface area contributed by atoms with Gasteiger partial charge in [0.2, 0.25) is 5.91 Å². The molecule has 0 fully saturated rings. The first-order valence-electron chi connectivity index (χ1n) is 8.13. The van der Waals surface area contributed by atoms with E-state index in [-0.39, 0.29) is 17.5 Å². The number of anilines is 1. The smallest absolute Gasteiger partial charge is 0.323 e. The number of hydrogen-bond donors (Lipinski definition) is 2. The van der Waals surface area contributed by atoms with Gasteiger partial charge in [-0.2, -0.15) is 5.10 Å². The Hall–Kier alpha value is -3.35. The van der Waals surface area contributed by atoms with Crippen LogP contribution in [0.3, 0.4) is 0 Å². The quantitative estimate of drug-likeness (QED) is 0.483. The van der Waals surface area contributed by atoms with Crippen molar-refractivity contribution >= 4 is 25.9 Å². The second-order valence-corrected chi connectivity index (χ2v) is 6.41. The van der Waals surface area contributed by atoms with Crippen LogP contribution in [0.5, 0.6) is 5.75 Å². The molecule has 142 valence electrons. The maximum absolute atomic E-state index is 13.2. The van der Waals surface area contributed by atoms with Crippen LogP contribution in [0.15, 0.2) is 60.8 Å². The molecule has 1 amide bonds. The summed E-state index contributed by atoms with van der Waals surface area (Å²) in [6, 6.07) is 12.1. The van der Waals surface area contributed by atoms with Crippen LogP contribution in [0.25, 0.3) is 17.3 Å². The first-order chi connectivity index (χ1) is 13.4. The van der Waals surface area contributed by atoms with Crippen LogP contribution < -0.4 is 9.84 Å². The van der Waals surface area contributed by atoms with Crippen molar-refractivity contribution in [2.45, 2.75) is 0 Å². The van der Waals surface area contributed by atoms with Gasteiger partial charge in [0.1, 0.15) is 5.82 Å². The number of nitrogens with zero attached hydrogens (tertiary/aromatic N) is 2. The van der Waals surface area contributed by atoms with E-state index in [2.05, 4.69) is 14.9 Å². The largest absolute Gasteiger partial charge is 0.747 e. The van der Waals surface area contributed by atoms with Gasteiger partial charge in [-0.3, -0.25) is 9.48 Å². The summed E-state index contributed by atoms with van der Waals surface area (Å²) in [5, 5.41) is 6.87. The molecule has 0 radical (unpaired) electrons. The molecule has 0 aliphatic rings. The molecule has 1 atom stereocenters. The molecule has 28 heavy (non-hydrogen) atoms. The summed E-state index contributed by atoms with van der Waals surface area (Å²) >= 11 is 0. The number of hydrogen-bond acceptors (Lipinski definition) is 4. The Morgan fingerprint density at radius 1 is 1.21 bits per heavy atom. The standard InChI is InChI=1S/C19H15FN3O4P/c1-23-19(13-2-5-15(20)6-3-13)14(12-21-23)4-11-18(24)22-16-7-9-17(10-8-16)27-28(25)26/h2-12H,1H3,(H-,22,24,25,26)/p+1/b11-4+. The summed E-state index contributed by atoms with van der Waals surface area (Å²) in [6.45, 7) is 0. The van der Waals surface area contributed by atoms with Crippen LogP contribution in [0.4, 0.5) is 10.1 Å². The molecule has 1 aromatic heterocycles. The molecule has 2 N–H and O–H groups in total. The van der Waals surface area contributed by atoms with Gasteiger partial charge in [-0.1, -0.05) is 0 Å². The van der Waals surface area contributed by atoms with E-state index >= 15 is 0 Å². The summed E-state index contributed by atoms with van der Waals surface area (Å²) < 4.78 is 30.1. The Bertz CT molecular complexity index is 1030. The van der Waals surface area contributed by atoms with E-state index in [1.165, 1.54) is 30.3 Å². The van der Waals surface area contributed by atoms with Crippen molar-refractivity contribution in [3.8, 4) is 17.0 Å². The Morgan fingerprint density at radius 3 is 2.54 bits per heavy atom. The molecule has 1 unspecified atom stereocenters. The summed E-state index contributed by atoms with van der Waals surface area (Å²) in [7, 11) is -0.970. The average Bonchev–Trinajstić information content (AvgIpc) is 3.02. The zero-order chi connectivity index (χ0) is 20.1. The highest BCUT2D eigenvalue weighted by Crippen LogP contribution is 2.25. The minimum Gasteiger partial charge on any atom is -0.323 e. The fourth-order valence-corrected chi connectivity index (χ4v) is 2.88. The SMILES string of the molecule is Cn1ncc(/C=C/C(=O)Nc2ccc(O[P+](=O)O)cc2)c1-c1ccc(F)cc1. The van der Waals surface area contributed by atoms with E-state index in [1.807, 2.05) is 0 Å². The number of aryl methyl sites for hydroxylation is 1. The van der Waals surface area contributed by atoms with E-state index < -0.39 is 8.25 Å². The normalized spacial score (nSPS) is 11.5. The Labute approximate surface area is 161 Å². The summed E-state index contributed by atoms with van der Waals surface area (Å²) in [4.78, 5) is 20.9. The van der Waals surface area contributed by atoms with Gasteiger partial charge in [0, 0.05) is 34.5 Å². The molecule has 0 aliphatic carbocycles. The third kappa shape index (κ3) is 4.88. The van der Waals surface area contributed by atoms with Crippen LogP contribution in [-0.2, 0) is 16.4 Å². The molecule has 0 aliphatic heterocycles. The van der Waals surface area contributed by atoms with Crippen molar-refractivity contribution in [2.24, 2.45) is 7.05 Å². The lowest BCUT2D eigenvalue weighted by Gasteiger charge is -2.04. The van der Waals surface area contributed by atoms with Gasteiger partial charge in [-0.05, 0) is 54.6 Å². The maximum atomic E-state index is 13.2. The van der Waals surface area contributed by atoms with Gasteiger partial charge in [-0.25, -0.2) is 8.91 Å². The van der Waals surface area contributed by atoms with Crippen LogP contribution in [0.1, 0.15) is 5.56 Å². The number of carbonyl (C=O) groups excluding carboxylic acids is 1. The molecule has 9 heteroatoms. The number of amides is 1. The first-order valence-corrected chi connectivity index (χ1v) is 9.26. The average molecular weight is 400 g/mol. The van der Waals surface area contributed by atoms with Crippen molar-refractivity contribution < 1.29 is 23.2 Å². The number of nitrogens with one attached hydrogen (secondary N) is 1. The lowest BCUT2D eigenvalue weighted by atomic mass is 10.1. The minimum atomic E-state index is -2.73. The topological polar surface area (TPSA) is 93.5 Å². The predicted octanol–water partition coefficient (Wildman–Crippen LogP) is 3.91. The van der Waals surface area contributed by atoms with Gasteiger partial charge in [0.15, 0.2) is 5.75 Å². The minimum absolute atomic E-state index is 0.219. The Morgan fingerprint density at radius 2 is 1.89 bits per heavy atom. The first kappa shape index (κ1) is 19.4. The van der Waals surface area contributed by atoms with Gasteiger partial charge in [0.05, 0.1) is 11.9 Å². The van der Waals surface area contributed by atoms with Crippen LogP contribution in [0.2, 0.25) is 0 Å². The molecule has 3 rings (SSSR count). The fraction of sp³-hybridized carbons (Fsp3) is 0.0526. The summed E-state index contributed by atoms with van der Waals surface area (Å²) in [5.41, 5.74) is 2.74. The highest BCUT2D eigenvalue weighted by molar-refractivity contribution is 7.32. The Balaban J connectivity index is 1.71. The van der Waals surface area contributed by atoms with Crippen LogP contribution >= 0.6 is 8.25 Å². The predicted molar refractivity (Wildman–Crippen MR) is 103 cm³/mol. The molecule has 3 aromatic rings. The molecule has 7 nitrogen and oxygen atoms in total. The van der Waals surface area contributed by atoms with Crippen molar-refractivity contribution in [1.82, 2.24) is 9.78 Å². The third-order valence-electron chi connectivity index (χ3n) is 3.80. The van der Waals surface area contributed by atoms with Crippen molar-refractivity contribution in [3.63, 3.8) is 0 Å². The van der Waals surface area contributed by atoms with Crippen LogP contribution in [-0.4, -0.2) is 20.6 Å². The monoisotopic (exact) mass is 400 g/mol. The number of benzene rings is 2. The third-order valence-corrected chi connectivity index (χ3v) is 4.17. The van der Waals surface area contributed by atoms with E-state index in [9.17, 15) is 13.8 Å². The fourth-order valence-electron chi connectivity index (χ4n) is 2.58. The molecular formula is C19H16FN3O4P+. The zero-order valence-electron chi connectivity index (χ0n) is 14.7. The molecule has 0 saturated heterocycles. The van der Waals surface area contributed by atoms with Gasteiger partial charge in [0.25, 0.3) is 0 Å². The van der Waals surface area contributed by atoms with Gasteiger partial charge < -0.3 is 5.32 Å². The van der Waals surface area contributed by atoms with E-state index in [0.29, 0.717) is 11.3 Å². The molecule has 0 spiro atoms. The number of aromatic nitrogens is 2.